The minimum absolute atomic E-state index is 0.0370. The molecule has 0 radical (unpaired) electrons. The van der Waals surface area contributed by atoms with Crippen molar-refractivity contribution in [2.75, 3.05) is 20.3 Å². The molecule has 0 saturated carbocycles. The Kier molecular flexibility index (Phi) is 11.2. The molecule has 6 unspecified atom stereocenters. The summed E-state index contributed by atoms with van der Waals surface area (Å²) < 4.78 is 18.2. The van der Waals surface area contributed by atoms with E-state index in [0.29, 0.717) is 38.1 Å². The van der Waals surface area contributed by atoms with Gasteiger partial charge in [0, 0.05) is 32.4 Å². The van der Waals surface area contributed by atoms with Crippen molar-refractivity contribution in [1.29, 1.82) is 0 Å². The molecule has 1 amide bonds. The summed E-state index contributed by atoms with van der Waals surface area (Å²) in [6, 6.07) is -0.568. The number of allylic oxidation sites excluding steroid dienone is 2. The summed E-state index contributed by atoms with van der Waals surface area (Å²) in [4.78, 5) is 40.8. The monoisotopic (exact) mass is 519 g/mol. The zero-order valence-corrected chi connectivity index (χ0v) is 23.8. The Hall–Kier alpha value is -1.73. The van der Waals surface area contributed by atoms with Crippen molar-refractivity contribution in [2.45, 2.75) is 123 Å². The topological polar surface area (TPSA) is 82.1 Å². The predicted octanol–water partition coefficient (Wildman–Crippen LogP) is 5.60. The van der Waals surface area contributed by atoms with Gasteiger partial charge < -0.3 is 19.1 Å². The smallest absolute Gasteiger partial charge is 0.328 e. The number of esters is 1. The van der Waals surface area contributed by atoms with Crippen LogP contribution in [0.4, 0.5) is 0 Å². The third-order valence-electron chi connectivity index (χ3n) is 8.63. The Morgan fingerprint density at radius 1 is 0.973 bits per heavy atom. The third kappa shape index (κ3) is 8.38. The molecule has 0 aromatic carbocycles. The van der Waals surface area contributed by atoms with Gasteiger partial charge in [0.05, 0.1) is 19.1 Å². The van der Waals surface area contributed by atoms with Crippen LogP contribution in [-0.2, 0) is 28.6 Å². The minimum Gasteiger partial charge on any atom is -0.464 e. The number of hydrogen-bond donors (Lipinski definition) is 0. The first kappa shape index (κ1) is 29.8. The van der Waals surface area contributed by atoms with Gasteiger partial charge in [0.25, 0.3) is 0 Å². The van der Waals surface area contributed by atoms with Crippen LogP contribution in [0.3, 0.4) is 0 Å². The van der Waals surface area contributed by atoms with Crippen LogP contribution in [0.2, 0.25) is 0 Å². The van der Waals surface area contributed by atoms with Crippen LogP contribution in [0, 0.1) is 17.8 Å². The molecule has 0 aromatic heterocycles. The van der Waals surface area contributed by atoms with Gasteiger partial charge in [-0.3, -0.25) is 9.59 Å². The van der Waals surface area contributed by atoms with Crippen LogP contribution in [0.1, 0.15) is 105 Å². The molecule has 210 valence electrons. The first-order valence-corrected chi connectivity index (χ1v) is 14.5. The summed E-state index contributed by atoms with van der Waals surface area (Å²) >= 11 is 0. The van der Waals surface area contributed by atoms with E-state index < -0.39 is 11.8 Å². The Balaban J connectivity index is 1.79. The van der Waals surface area contributed by atoms with Crippen molar-refractivity contribution in [2.24, 2.45) is 17.8 Å². The number of carbonyl (C=O) groups is 3. The highest BCUT2D eigenvalue weighted by Crippen LogP contribution is 2.40. The number of piperidine rings is 1. The van der Waals surface area contributed by atoms with E-state index >= 15 is 0 Å². The first-order chi connectivity index (χ1) is 17.6. The van der Waals surface area contributed by atoms with Crippen LogP contribution in [0.15, 0.2) is 11.6 Å². The number of Topliss-reactive ketones (excluding diaryl/α,β-unsaturated/α-hetero) is 1. The van der Waals surface area contributed by atoms with E-state index in [0.717, 1.165) is 44.9 Å². The number of nitrogens with zero attached hydrogens (tertiary/aromatic N) is 1. The predicted molar refractivity (Wildman–Crippen MR) is 143 cm³/mol. The highest BCUT2D eigenvalue weighted by molar-refractivity contribution is 5.85. The molecule has 3 aliphatic heterocycles. The van der Waals surface area contributed by atoms with Gasteiger partial charge in [-0.15, -0.1) is 0 Å². The number of amides is 1. The van der Waals surface area contributed by atoms with E-state index in [-0.39, 0.29) is 48.6 Å². The maximum Gasteiger partial charge on any atom is 0.328 e. The van der Waals surface area contributed by atoms with Gasteiger partial charge in [0.2, 0.25) is 5.91 Å². The number of methoxy groups -OCH3 is 1. The summed E-state index contributed by atoms with van der Waals surface area (Å²) in [5, 5.41) is 0. The van der Waals surface area contributed by atoms with E-state index in [9.17, 15) is 14.4 Å². The van der Waals surface area contributed by atoms with Crippen LogP contribution in [-0.4, -0.2) is 60.8 Å². The van der Waals surface area contributed by atoms with Crippen molar-refractivity contribution in [3.8, 4) is 0 Å². The molecule has 2 fully saturated rings. The molecule has 7 heteroatoms. The minimum atomic E-state index is -0.974. The molecule has 6 atom stereocenters. The zero-order chi connectivity index (χ0) is 27.0. The number of hydrogen-bond acceptors (Lipinski definition) is 6. The van der Waals surface area contributed by atoms with E-state index in [1.165, 1.54) is 5.57 Å². The maximum atomic E-state index is 13.6. The summed E-state index contributed by atoms with van der Waals surface area (Å²) in [6.07, 6.45) is 11.0. The fourth-order valence-electron chi connectivity index (χ4n) is 6.05. The quantitative estimate of drug-likeness (QED) is 0.331. The second-order valence-electron chi connectivity index (χ2n) is 12.0. The lowest BCUT2D eigenvalue weighted by Crippen LogP contribution is -2.55. The Labute approximate surface area is 223 Å². The van der Waals surface area contributed by atoms with Crippen molar-refractivity contribution >= 4 is 17.7 Å². The molecule has 3 aliphatic rings. The number of rotatable bonds is 1. The normalized spacial score (nSPS) is 36.1. The molecule has 2 saturated heterocycles. The molecule has 0 aliphatic carbocycles. The molecule has 0 spiro atoms. The van der Waals surface area contributed by atoms with Crippen LogP contribution in [0.5, 0.6) is 0 Å². The molecule has 2 bridgehead atoms. The molecule has 0 aromatic rings. The maximum absolute atomic E-state index is 13.6. The third-order valence-corrected chi connectivity index (χ3v) is 8.63. The molecule has 0 N–H and O–H groups in total. The van der Waals surface area contributed by atoms with Crippen LogP contribution in [0.25, 0.3) is 0 Å². The van der Waals surface area contributed by atoms with Gasteiger partial charge in [-0.25, -0.2) is 4.79 Å². The molecular weight excluding hydrogens is 470 g/mol. The SMILES string of the molecule is COC12CC(=O)N3CCCCC3C(=O)OCC(C)CCC(=O)CC=C(C)CC(C)CCC(CCC1C)O2. The number of ether oxygens (including phenoxy) is 3. The fourth-order valence-corrected chi connectivity index (χ4v) is 6.05. The second-order valence-corrected chi connectivity index (χ2v) is 12.0. The van der Waals surface area contributed by atoms with Crippen LogP contribution >= 0.6 is 0 Å². The van der Waals surface area contributed by atoms with Gasteiger partial charge in [0.1, 0.15) is 11.8 Å². The van der Waals surface area contributed by atoms with Crippen molar-refractivity contribution in [3.05, 3.63) is 11.6 Å². The summed E-state index contributed by atoms with van der Waals surface area (Å²) in [5.41, 5.74) is 1.25. The Morgan fingerprint density at radius 3 is 2.49 bits per heavy atom. The number of fused-ring (bicyclic) bond motifs is 3. The van der Waals surface area contributed by atoms with Gasteiger partial charge in [-0.05, 0) is 76.5 Å². The summed E-state index contributed by atoms with van der Waals surface area (Å²) in [6.45, 7) is 9.27. The summed E-state index contributed by atoms with van der Waals surface area (Å²) in [7, 11) is 1.63. The standard InChI is InChI=1S/C30H49NO6/c1-21-9-13-25(32)14-10-23(3)20-36-29(34)27-8-6-7-17-31(27)28(33)19-30(35-5)24(4)12-16-26(37-30)15-11-22(2)18-21/h9,22-24,26-27H,6-8,10-20H2,1-5H3. The van der Waals surface area contributed by atoms with Crippen molar-refractivity contribution in [1.82, 2.24) is 4.90 Å². The average molecular weight is 520 g/mol. The van der Waals surface area contributed by atoms with Gasteiger partial charge in [-0.1, -0.05) is 32.4 Å². The van der Waals surface area contributed by atoms with E-state index in [1.807, 2.05) is 6.92 Å². The van der Waals surface area contributed by atoms with Crippen molar-refractivity contribution in [3.63, 3.8) is 0 Å². The second kappa shape index (κ2) is 13.9. The molecule has 37 heavy (non-hydrogen) atoms. The first-order valence-electron chi connectivity index (χ1n) is 14.5. The molecule has 7 nitrogen and oxygen atoms in total. The highest BCUT2D eigenvalue weighted by atomic mass is 16.7. The summed E-state index contributed by atoms with van der Waals surface area (Å²) in [5.74, 6) is -0.541. The zero-order valence-electron chi connectivity index (χ0n) is 23.8. The van der Waals surface area contributed by atoms with Crippen molar-refractivity contribution < 1.29 is 28.6 Å². The van der Waals surface area contributed by atoms with Crippen LogP contribution < -0.4 is 0 Å². The van der Waals surface area contributed by atoms with Gasteiger partial charge in [-0.2, -0.15) is 0 Å². The molecular formula is C30H49NO6. The van der Waals surface area contributed by atoms with E-state index in [4.69, 9.17) is 14.2 Å². The number of cyclic esters (lactones) is 1. The van der Waals surface area contributed by atoms with Gasteiger partial charge in [0.15, 0.2) is 5.79 Å². The lowest BCUT2D eigenvalue weighted by molar-refractivity contribution is -0.295. The Morgan fingerprint density at radius 2 is 1.73 bits per heavy atom. The molecule has 3 heterocycles. The van der Waals surface area contributed by atoms with Gasteiger partial charge >= 0.3 is 5.97 Å². The van der Waals surface area contributed by atoms with E-state index in [2.05, 4.69) is 26.8 Å². The van der Waals surface area contributed by atoms with E-state index in [1.54, 1.807) is 12.0 Å². The fraction of sp³-hybridized carbons (Fsp3) is 0.833. The number of ketones is 1. The lowest BCUT2D eigenvalue weighted by atomic mass is 9.85. The molecule has 3 rings (SSSR count). The Bertz CT molecular complexity index is 825. The lowest BCUT2D eigenvalue weighted by Gasteiger charge is -2.46. The average Bonchev–Trinajstić information content (AvgIpc) is 2.89. The highest BCUT2D eigenvalue weighted by Gasteiger charge is 2.47. The largest absolute Gasteiger partial charge is 0.464 e. The number of carbonyl (C=O) groups excluding carboxylic acids is 3.